The Labute approximate surface area is 150 Å². The van der Waals surface area contributed by atoms with E-state index >= 15 is 0 Å². The highest BCUT2D eigenvalue weighted by atomic mass is 32.1. The fraction of sp³-hybridized carbons (Fsp3) is 0.105. The van der Waals surface area contributed by atoms with E-state index in [-0.39, 0.29) is 6.03 Å². The van der Waals surface area contributed by atoms with Gasteiger partial charge in [0.1, 0.15) is 5.01 Å². The molecule has 0 spiro atoms. The van der Waals surface area contributed by atoms with E-state index in [0.717, 1.165) is 21.8 Å². The Morgan fingerprint density at radius 1 is 0.960 bits per heavy atom. The normalized spacial score (nSPS) is 10.8. The molecule has 2 aromatic carbocycles. The lowest BCUT2D eigenvalue weighted by molar-refractivity contribution is 0.262. The van der Waals surface area contributed by atoms with E-state index in [9.17, 15) is 4.79 Å². The van der Waals surface area contributed by atoms with Crippen LogP contribution in [0, 0.1) is 13.8 Å². The van der Waals surface area contributed by atoms with Crippen LogP contribution in [0.5, 0.6) is 0 Å². The maximum atomic E-state index is 12.1. The number of rotatable bonds is 4. The highest BCUT2D eigenvalue weighted by Crippen LogP contribution is 2.19. The second kappa shape index (κ2) is 7.72. The summed E-state index contributed by atoms with van der Waals surface area (Å²) in [4.78, 5) is 12.1. The van der Waals surface area contributed by atoms with E-state index < -0.39 is 0 Å². The fourth-order valence-electron chi connectivity index (χ4n) is 2.16. The summed E-state index contributed by atoms with van der Waals surface area (Å²) in [6, 6.07) is 15.4. The average Bonchev–Trinajstić information content (AvgIpc) is 3.04. The summed E-state index contributed by atoms with van der Waals surface area (Å²) in [6.45, 7) is 4.04. The molecule has 0 saturated carbocycles. The van der Waals surface area contributed by atoms with Crippen LogP contribution in [0.4, 0.5) is 15.6 Å². The van der Waals surface area contributed by atoms with Crippen LogP contribution in [0.25, 0.3) is 12.2 Å². The number of anilines is 2. The molecule has 1 aromatic heterocycles. The summed E-state index contributed by atoms with van der Waals surface area (Å²) < 4.78 is 0. The first-order valence-corrected chi connectivity index (χ1v) is 8.64. The van der Waals surface area contributed by atoms with Gasteiger partial charge in [-0.15, -0.1) is 10.2 Å². The van der Waals surface area contributed by atoms with Crippen molar-refractivity contribution in [3.63, 3.8) is 0 Å². The standard InChI is InChI=1S/C19H18N4OS/c1-13-8-10-16(12-14(13)2)20-18(24)21-19-23-22-17(25-19)11-9-15-6-4-3-5-7-15/h3-12H,1-2H3,(H2,20,21,23,24). The van der Waals surface area contributed by atoms with Gasteiger partial charge < -0.3 is 5.32 Å². The molecule has 5 nitrogen and oxygen atoms in total. The molecule has 1 heterocycles. The molecular formula is C19H18N4OS. The van der Waals surface area contributed by atoms with E-state index in [4.69, 9.17) is 0 Å². The van der Waals surface area contributed by atoms with Gasteiger partial charge in [0.2, 0.25) is 5.13 Å². The number of benzene rings is 2. The number of nitrogens with one attached hydrogen (secondary N) is 2. The van der Waals surface area contributed by atoms with Crippen LogP contribution < -0.4 is 10.6 Å². The highest BCUT2D eigenvalue weighted by molar-refractivity contribution is 7.16. The molecule has 0 radical (unpaired) electrons. The van der Waals surface area contributed by atoms with Crippen LogP contribution in [0.2, 0.25) is 0 Å². The number of carbonyl (C=O) groups excluding carboxylic acids is 1. The quantitative estimate of drug-likeness (QED) is 0.698. The van der Waals surface area contributed by atoms with Gasteiger partial charge in [-0.05, 0) is 48.7 Å². The van der Waals surface area contributed by atoms with E-state index in [1.54, 1.807) is 0 Å². The van der Waals surface area contributed by atoms with Crippen molar-refractivity contribution < 1.29 is 4.79 Å². The fourth-order valence-corrected chi connectivity index (χ4v) is 2.80. The first kappa shape index (κ1) is 16.9. The van der Waals surface area contributed by atoms with Crippen molar-refractivity contribution in [3.8, 4) is 0 Å². The second-order valence-corrected chi connectivity index (χ2v) is 6.58. The van der Waals surface area contributed by atoms with Crippen LogP contribution in [-0.4, -0.2) is 16.2 Å². The highest BCUT2D eigenvalue weighted by Gasteiger charge is 2.07. The predicted molar refractivity (Wildman–Crippen MR) is 104 cm³/mol. The van der Waals surface area contributed by atoms with Crippen LogP contribution in [0.15, 0.2) is 48.5 Å². The maximum Gasteiger partial charge on any atom is 0.325 e. The molecule has 3 aromatic rings. The summed E-state index contributed by atoms with van der Waals surface area (Å²) in [5, 5.41) is 14.7. The number of aromatic nitrogens is 2. The summed E-state index contributed by atoms with van der Waals surface area (Å²) in [7, 11) is 0. The molecule has 0 aliphatic heterocycles. The van der Waals surface area contributed by atoms with Crippen molar-refractivity contribution in [2.45, 2.75) is 13.8 Å². The molecule has 0 aliphatic carbocycles. The largest absolute Gasteiger partial charge is 0.325 e. The van der Waals surface area contributed by atoms with E-state index in [2.05, 4.69) is 20.8 Å². The zero-order valence-electron chi connectivity index (χ0n) is 14.0. The Kier molecular flexibility index (Phi) is 5.20. The Balaban J connectivity index is 1.60. The number of hydrogen-bond donors (Lipinski definition) is 2. The molecule has 0 saturated heterocycles. The molecule has 0 bridgehead atoms. The lowest BCUT2D eigenvalue weighted by Gasteiger charge is -2.07. The number of hydrogen-bond acceptors (Lipinski definition) is 4. The van der Waals surface area contributed by atoms with Gasteiger partial charge in [-0.1, -0.05) is 53.8 Å². The van der Waals surface area contributed by atoms with Gasteiger partial charge in [-0.2, -0.15) is 0 Å². The molecule has 6 heteroatoms. The molecule has 0 unspecified atom stereocenters. The first-order valence-electron chi connectivity index (χ1n) is 7.82. The molecule has 2 N–H and O–H groups in total. The maximum absolute atomic E-state index is 12.1. The van der Waals surface area contributed by atoms with Gasteiger partial charge in [0, 0.05) is 5.69 Å². The molecule has 126 valence electrons. The zero-order chi connectivity index (χ0) is 17.6. The smallest absolute Gasteiger partial charge is 0.308 e. The third-order valence-electron chi connectivity index (χ3n) is 3.64. The minimum Gasteiger partial charge on any atom is -0.308 e. The van der Waals surface area contributed by atoms with Crippen LogP contribution in [0.3, 0.4) is 0 Å². The Morgan fingerprint density at radius 2 is 1.76 bits per heavy atom. The second-order valence-electron chi connectivity index (χ2n) is 5.57. The van der Waals surface area contributed by atoms with Crippen LogP contribution in [-0.2, 0) is 0 Å². The molecular weight excluding hydrogens is 332 g/mol. The van der Waals surface area contributed by atoms with Crippen molar-refractivity contribution in [1.82, 2.24) is 10.2 Å². The molecule has 0 fully saturated rings. The number of aryl methyl sites for hydroxylation is 2. The topological polar surface area (TPSA) is 66.9 Å². The Bertz CT molecular complexity index is 903. The summed E-state index contributed by atoms with van der Waals surface area (Å²) >= 11 is 1.32. The molecule has 25 heavy (non-hydrogen) atoms. The predicted octanol–water partition coefficient (Wildman–Crippen LogP) is 4.97. The van der Waals surface area contributed by atoms with Gasteiger partial charge >= 0.3 is 6.03 Å². The van der Waals surface area contributed by atoms with Gasteiger partial charge in [-0.3, -0.25) is 5.32 Å². The average molecular weight is 350 g/mol. The third-order valence-corrected chi connectivity index (χ3v) is 4.45. The van der Waals surface area contributed by atoms with Crippen molar-refractivity contribution >= 4 is 40.3 Å². The lowest BCUT2D eigenvalue weighted by Crippen LogP contribution is -2.19. The minimum absolute atomic E-state index is 0.335. The molecule has 3 rings (SSSR count). The van der Waals surface area contributed by atoms with Crippen molar-refractivity contribution in [1.29, 1.82) is 0 Å². The van der Waals surface area contributed by atoms with E-state index in [1.807, 2.05) is 74.5 Å². The van der Waals surface area contributed by atoms with Crippen LogP contribution in [0.1, 0.15) is 21.7 Å². The summed E-state index contributed by atoms with van der Waals surface area (Å²) in [6.07, 6.45) is 3.83. The van der Waals surface area contributed by atoms with Gasteiger partial charge in [0.15, 0.2) is 0 Å². The monoisotopic (exact) mass is 350 g/mol. The minimum atomic E-state index is -0.335. The van der Waals surface area contributed by atoms with Gasteiger partial charge in [0.05, 0.1) is 0 Å². The van der Waals surface area contributed by atoms with E-state index in [1.165, 1.54) is 16.9 Å². The number of nitrogens with zero attached hydrogens (tertiary/aromatic N) is 2. The lowest BCUT2D eigenvalue weighted by atomic mass is 10.1. The zero-order valence-corrected chi connectivity index (χ0v) is 14.8. The third kappa shape index (κ3) is 4.74. The van der Waals surface area contributed by atoms with Gasteiger partial charge in [-0.25, -0.2) is 4.79 Å². The Morgan fingerprint density at radius 3 is 2.52 bits per heavy atom. The first-order chi connectivity index (χ1) is 12.1. The van der Waals surface area contributed by atoms with Crippen molar-refractivity contribution in [2.75, 3.05) is 10.6 Å². The Hall–Kier alpha value is -2.99. The van der Waals surface area contributed by atoms with E-state index in [0.29, 0.717) is 5.13 Å². The van der Waals surface area contributed by atoms with Crippen molar-refractivity contribution in [3.05, 3.63) is 70.2 Å². The SMILES string of the molecule is Cc1ccc(NC(=O)Nc2nnc(C=Cc3ccccc3)s2)cc1C. The number of urea groups is 1. The summed E-state index contributed by atoms with van der Waals surface area (Å²) in [5.74, 6) is 0. The van der Waals surface area contributed by atoms with Crippen molar-refractivity contribution in [2.24, 2.45) is 0 Å². The van der Waals surface area contributed by atoms with Crippen LogP contribution >= 0.6 is 11.3 Å². The molecule has 2 amide bonds. The molecule has 0 aliphatic rings. The van der Waals surface area contributed by atoms with Gasteiger partial charge in [0.25, 0.3) is 0 Å². The number of amides is 2. The summed E-state index contributed by atoms with van der Waals surface area (Å²) in [5.41, 5.74) is 4.14. The molecule has 0 atom stereocenters. The number of carbonyl (C=O) groups is 1.